The van der Waals surface area contributed by atoms with Gasteiger partial charge >= 0.3 is 12.3 Å². The van der Waals surface area contributed by atoms with Crippen molar-refractivity contribution in [3.8, 4) is 0 Å². The van der Waals surface area contributed by atoms with Crippen LogP contribution in [0.1, 0.15) is 31.0 Å². The average molecular weight is 267 g/mol. The Morgan fingerprint density at radius 1 is 1.33 bits per heavy atom. The maximum Gasteiger partial charge on any atom is 0.382 e. The zero-order valence-corrected chi connectivity index (χ0v) is 9.50. The summed E-state index contributed by atoms with van der Waals surface area (Å²) >= 11 is 0. The molecule has 4 nitrogen and oxygen atoms in total. The first kappa shape index (κ1) is 13.3. The molecule has 0 aliphatic heterocycles. The van der Waals surface area contributed by atoms with Crippen molar-refractivity contribution in [1.82, 2.24) is 15.5 Å². The molecule has 0 unspecified atom stereocenters. The third-order valence-electron chi connectivity index (χ3n) is 2.60. The minimum absolute atomic E-state index is 0.0390. The molecule has 1 aliphatic rings. The molecular formula is C10H13F4N3O. The summed E-state index contributed by atoms with van der Waals surface area (Å²) in [4.78, 5) is 0. The van der Waals surface area contributed by atoms with E-state index in [0.717, 1.165) is 12.8 Å². The molecule has 2 rings (SSSR count). The first-order chi connectivity index (χ1) is 8.50. The normalized spacial score (nSPS) is 16.5. The highest BCUT2D eigenvalue weighted by Gasteiger charge is 2.48. The molecule has 0 bridgehead atoms. The summed E-state index contributed by atoms with van der Waals surface area (Å²) in [6.45, 7) is 0.716. The number of alkyl halides is 4. The van der Waals surface area contributed by atoms with Crippen LogP contribution in [0.3, 0.4) is 0 Å². The van der Waals surface area contributed by atoms with E-state index in [-0.39, 0.29) is 5.89 Å². The van der Waals surface area contributed by atoms with Crippen LogP contribution in [0.5, 0.6) is 0 Å². The van der Waals surface area contributed by atoms with Gasteiger partial charge in [0, 0.05) is 12.5 Å². The lowest BCUT2D eigenvalue weighted by molar-refractivity contribution is -0.151. The lowest BCUT2D eigenvalue weighted by Gasteiger charge is -2.09. The van der Waals surface area contributed by atoms with Crippen LogP contribution in [0.25, 0.3) is 0 Å². The fourth-order valence-electron chi connectivity index (χ4n) is 1.42. The van der Waals surface area contributed by atoms with Gasteiger partial charge in [0.1, 0.15) is 0 Å². The minimum atomic E-state index is -4.38. The second-order valence-corrected chi connectivity index (χ2v) is 4.26. The van der Waals surface area contributed by atoms with E-state index in [2.05, 4.69) is 19.9 Å². The van der Waals surface area contributed by atoms with Crippen molar-refractivity contribution in [1.29, 1.82) is 0 Å². The van der Waals surface area contributed by atoms with Crippen LogP contribution in [-0.2, 0) is 12.3 Å². The number of nitrogens with one attached hydrogen (secondary N) is 1. The zero-order chi connectivity index (χ0) is 13.2. The molecule has 0 saturated heterocycles. The Morgan fingerprint density at radius 2 is 2.06 bits per heavy atom. The molecule has 1 aliphatic carbocycles. The first-order valence-electron chi connectivity index (χ1n) is 5.72. The van der Waals surface area contributed by atoms with Gasteiger partial charge in [-0.2, -0.15) is 8.78 Å². The quantitative estimate of drug-likeness (QED) is 0.607. The Balaban J connectivity index is 1.81. The smallest absolute Gasteiger partial charge is 0.382 e. The van der Waals surface area contributed by atoms with E-state index >= 15 is 0 Å². The number of aryl methyl sites for hydroxylation is 1. The van der Waals surface area contributed by atoms with Gasteiger partial charge in [-0.05, 0) is 25.8 Å². The molecule has 1 aromatic heterocycles. The Labute approximate surface area is 101 Å². The Kier molecular flexibility index (Phi) is 3.84. The van der Waals surface area contributed by atoms with E-state index < -0.39 is 18.2 Å². The molecule has 0 spiro atoms. The lowest BCUT2D eigenvalue weighted by atomic mass is 10.3. The number of nitrogens with zero attached hydrogens (tertiary/aromatic N) is 2. The molecule has 1 fully saturated rings. The predicted molar refractivity (Wildman–Crippen MR) is 53.5 cm³/mol. The predicted octanol–water partition coefficient (Wildman–Crippen LogP) is 2.11. The summed E-state index contributed by atoms with van der Waals surface area (Å²) in [7, 11) is 0. The van der Waals surface area contributed by atoms with Crippen molar-refractivity contribution >= 4 is 0 Å². The van der Waals surface area contributed by atoms with Crippen molar-refractivity contribution in [2.45, 2.75) is 44.1 Å². The average Bonchev–Trinajstić information content (AvgIpc) is 3.01. The summed E-state index contributed by atoms with van der Waals surface area (Å²) in [6, 6.07) is 0.561. The van der Waals surface area contributed by atoms with Crippen LogP contribution in [0, 0.1) is 0 Å². The fourth-order valence-corrected chi connectivity index (χ4v) is 1.42. The Hall–Kier alpha value is -1.18. The van der Waals surface area contributed by atoms with Gasteiger partial charge in [-0.1, -0.05) is 0 Å². The number of rotatable bonds is 7. The summed E-state index contributed by atoms with van der Waals surface area (Å²) < 4.78 is 54.3. The highest BCUT2D eigenvalue weighted by atomic mass is 19.3. The molecule has 0 amide bonds. The molecular weight excluding hydrogens is 254 g/mol. The van der Waals surface area contributed by atoms with Crippen molar-refractivity contribution < 1.29 is 22.0 Å². The van der Waals surface area contributed by atoms with Crippen LogP contribution < -0.4 is 5.32 Å². The largest absolute Gasteiger partial charge is 0.419 e. The van der Waals surface area contributed by atoms with Crippen LogP contribution in [0.2, 0.25) is 0 Å². The van der Waals surface area contributed by atoms with Crippen molar-refractivity contribution in [3.05, 3.63) is 11.8 Å². The van der Waals surface area contributed by atoms with Gasteiger partial charge < -0.3 is 9.73 Å². The van der Waals surface area contributed by atoms with Crippen molar-refractivity contribution in [2.75, 3.05) is 6.54 Å². The summed E-state index contributed by atoms with van der Waals surface area (Å²) in [6.07, 6.45) is -0.594. The monoisotopic (exact) mass is 267 g/mol. The third kappa shape index (κ3) is 3.18. The van der Waals surface area contributed by atoms with Crippen molar-refractivity contribution in [2.24, 2.45) is 0 Å². The van der Waals surface area contributed by atoms with Crippen LogP contribution in [0.4, 0.5) is 17.6 Å². The molecule has 102 valence electrons. The number of aromatic nitrogens is 2. The van der Waals surface area contributed by atoms with Gasteiger partial charge in [0.25, 0.3) is 5.89 Å². The lowest BCUT2D eigenvalue weighted by Crippen LogP contribution is -2.23. The van der Waals surface area contributed by atoms with Crippen LogP contribution >= 0.6 is 0 Å². The van der Waals surface area contributed by atoms with E-state index in [1.54, 1.807) is 0 Å². The summed E-state index contributed by atoms with van der Waals surface area (Å²) in [5.74, 6) is -5.73. The highest BCUT2D eigenvalue weighted by molar-refractivity contribution is 4.93. The van der Waals surface area contributed by atoms with Crippen LogP contribution in [-0.4, -0.2) is 29.2 Å². The van der Waals surface area contributed by atoms with E-state index in [4.69, 9.17) is 0 Å². The van der Waals surface area contributed by atoms with Gasteiger partial charge in [0.05, 0.1) is 0 Å². The number of hydrogen-bond donors (Lipinski definition) is 1. The first-order valence-corrected chi connectivity index (χ1v) is 5.72. The minimum Gasteiger partial charge on any atom is -0.419 e. The maximum atomic E-state index is 12.8. The van der Waals surface area contributed by atoms with E-state index in [9.17, 15) is 17.6 Å². The maximum absolute atomic E-state index is 12.8. The molecule has 0 radical (unpaired) electrons. The molecule has 8 heteroatoms. The Morgan fingerprint density at radius 3 is 2.67 bits per heavy atom. The van der Waals surface area contributed by atoms with Gasteiger partial charge in [0.15, 0.2) is 0 Å². The molecule has 1 heterocycles. The standard InChI is InChI=1S/C10H13F4N3O/c11-8(12)10(13,14)9-17-16-7(18-9)2-1-5-15-6-3-4-6/h6,8,15H,1-5H2. The van der Waals surface area contributed by atoms with Gasteiger partial charge in [0.2, 0.25) is 5.89 Å². The topological polar surface area (TPSA) is 51.0 Å². The molecule has 1 aromatic rings. The van der Waals surface area contributed by atoms with E-state index in [1.165, 1.54) is 0 Å². The molecule has 0 aromatic carbocycles. The SMILES string of the molecule is FC(F)C(F)(F)c1nnc(CCCNC2CC2)o1. The summed E-state index contributed by atoms with van der Waals surface area (Å²) in [5, 5.41) is 9.53. The third-order valence-corrected chi connectivity index (χ3v) is 2.60. The molecule has 1 N–H and O–H groups in total. The number of hydrogen-bond acceptors (Lipinski definition) is 4. The van der Waals surface area contributed by atoms with E-state index in [1.807, 2.05) is 0 Å². The Bertz CT molecular complexity index is 392. The van der Waals surface area contributed by atoms with E-state index in [0.29, 0.717) is 25.4 Å². The second-order valence-electron chi connectivity index (χ2n) is 4.26. The molecule has 0 atom stereocenters. The van der Waals surface area contributed by atoms with Gasteiger partial charge in [-0.15, -0.1) is 10.2 Å². The zero-order valence-electron chi connectivity index (χ0n) is 9.50. The van der Waals surface area contributed by atoms with Gasteiger partial charge in [-0.3, -0.25) is 0 Å². The second kappa shape index (κ2) is 5.21. The molecule has 1 saturated carbocycles. The van der Waals surface area contributed by atoms with Crippen LogP contribution in [0.15, 0.2) is 4.42 Å². The number of halogens is 4. The fraction of sp³-hybridized carbons (Fsp3) is 0.800. The summed E-state index contributed by atoms with van der Waals surface area (Å²) in [5.41, 5.74) is 0. The molecule has 18 heavy (non-hydrogen) atoms. The highest BCUT2D eigenvalue weighted by Crippen LogP contribution is 2.33. The van der Waals surface area contributed by atoms with Crippen molar-refractivity contribution in [3.63, 3.8) is 0 Å². The van der Waals surface area contributed by atoms with Gasteiger partial charge in [-0.25, -0.2) is 8.78 Å².